The van der Waals surface area contributed by atoms with Crippen molar-refractivity contribution >= 4 is 10.9 Å². The summed E-state index contributed by atoms with van der Waals surface area (Å²) in [6, 6.07) is 9.97. The van der Waals surface area contributed by atoms with Crippen LogP contribution in [-0.2, 0) is 0 Å². The number of hydrogen-bond acceptors (Lipinski definition) is 4. The molecule has 126 valence electrons. The van der Waals surface area contributed by atoms with Gasteiger partial charge in [-0.25, -0.2) is 0 Å². The van der Waals surface area contributed by atoms with Gasteiger partial charge >= 0.3 is 0 Å². The Morgan fingerprint density at radius 2 is 1.67 bits per heavy atom. The number of para-hydroxylation sites is 1. The fourth-order valence-corrected chi connectivity index (χ4v) is 5.58. The minimum atomic E-state index is -0.270. The van der Waals surface area contributed by atoms with Gasteiger partial charge in [0.15, 0.2) is 0 Å². The Kier molecular flexibility index (Phi) is 2.73. The van der Waals surface area contributed by atoms with E-state index in [0.717, 1.165) is 42.6 Å². The number of aliphatic hydroxyl groups is 1. The second kappa shape index (κ2) is 4.48. The zero-order valence-electron chi connectivity index (χ0n) is 14.1. The molecule has 5 nitrogen and oxygen atoms in total. The van der Waals surface area contributed by atoms with E-state index in [4.69, 9.17) is 0 Å². The molecule has 0 atom stereocenters. The Balaban J connectivity index is 1.62. The van der Waals surface area contributed by atoms with Crippen LogP contribution in [0.1, 0.15) is 25.6 Å². The summed E-state index contributed by atoms with van der Waals surface area (Å²) in [6.07, 6.45) is -0.250. The molecule has 6 rings (SSSR count). The summed E-state index contributed by atoms with van der Waals surface area (Å²) < 4.78 is 0. The maximum atomic E-state index is 12.7. The molecule has 2 N–H and O–H groups in total. The number of rotatable bonds is 1. The van der Waals surface area contributed by atoms with Crippen molar-refractivity contribution in [3.8, 4) is 0 Å². The molecule has 0 radical (unpaired) electrons. The zero-order valence-corrected chi connectivity index (χ0v) is 14.1. The van der Waals surface area contributed by atoms with Crippen LogP contribution in [0.2, 0.25) is 0 Å². The molecule has 24 heavy (non-hydrogen) atoms. The maximum absolute atomic E-state index is 12.7. The van der Waals surface area contributed by atoms with Crippen LogP contribution in [0.15, 0.2) is 35.1 Å². The summed E-state index contributed by atoms with van der Waals surface area (Å²) in [7, 11) is 0. The van der Waals surface area contributed by atoms with Crippen LogP contribution in [0.25, 0.3) is 10.9 Å². The molecule has 0 spiro atoms. The molecular formula is C19H23N3O2. The number of nitrogens with zero attached hydrogens (tertiary/aromatic N) is 2. The summed E-state index contributed by atoms with van der Waals surface area (Å²) in [5.74, 6) is 0. The number of H-pyrrole nitrogens is 1. The average molecular weight is 325 g/mol. The third-order valence-electron chi connectivity index (χ3n) is 6.33. The van der Waals surface area contributed by atoms with Crippen LogP contribution in [-0.4, -0.2) is 52.2 Å². The van der Waals surface area contributed by atoms with E-state index in [0.29, 0.717) is 0 Å². The van der Waals surface area contributed by atoms with Gasteiger partial charge in [0.25, 0.3) is 5.56 Å². The first kappa shape index (κ1) is 14.6. The number of benzene rings is 1. The van der Waals surface area contributed by atoms with Crippen molar-refractivity contribution in [1.82, 2.24) is 14.8 Å². The molecule has 4 aliphatic heterocycles. The van der Waals surface area contributed by atoms with Crippen molar-refractivity contribution in [3.63, 3.8) is 0 Å². The molecular weight excluding hydrogens is 302 g/mol. The normalized spacial score (nSPS) is 43.5. The van der Waals surface area contributed by atoms with Gasteiger partial charge in [-0.05, 0) is 17.5 Å². The van der Waals surface area contributed by atoms with Gasteiger partial charge in [0, 0.05) is 48.1 Å². The van der Waals surface area contributed by atoms with Crippen LogP contribution in [0.5, 0.6) is 0 Å². The molecule has 5 heterocycles. The van der Waals surface area contributed by atoms with E-state index in [-0.39, 0.29) is 28.7 Å². The molecule has 0 unspecified atom stereocenters. The maximum Gasteiger partial charge on any atom is 0.254 e. The largest absolute Gasteiger partial charge is 0.392 e. The molecule has 2 aromatic rings. The molecule has 1 aromatic heterocycles. The van der Waals surface area contributed by atoms with Gasteiger partial charge in [-0.1, -0.05) is 32.0 Å². The Labute approximate surface area is 140 Å². The van der Waals surface area contributed by atoms with Crippen molar-refractivity contribution in [1.29, 1.82) is 0 Å². The van der Waals surface area contributed by atoms with Gasteiger partial charge in [0.2, 0.25) is 0 Å². The number of nitrogens with one attached hydrogen (secondary N) is 1. The van der Waals surface area contributed by atoms with Crippen molar-refractivity contribution < 1.29 is 5.11 Å². The van der Waals surface area contributed by atoms with E-state index in [9.17, 15) is 9.90 Å². The van der Waals surface area contributed by atoms with Crippen LogP contribution >= 0.6 is 0 Å². The van der Waals surface area contributed by atoms with Crippen molar-refractivity contribution in [2.24, 2.45) is 10.8 Å². The molecule has 4 fully saturated rings. The molecule has 0 aliphatic carbocycles. The Morgan fingerprint density at radius 1 is 1.08 bits per heavy atom. The van der Waals surface area contributed by atoms with Crippen molar-refractivity contribution in [2.75, 3.05) is 26.2 Å². The van der Waals surface area contributed by atoms with E-state index in [1.165, 1.54) is 0 Å². The Hall–Kier alpha value is -1.69. The summed E-state index contributed by atoms with van der Waals surface area (Å²) >= 11 is 0. The summed E-state index contributed by atoms with van der Waals surface area (Å²) in [5.41, 5.74) is 1.50. The smallest absolute Gasteiger partial charge is 0.254 e. The SMILES string of the molecule is CC12CN3CC(C)(CN(C1)C3c1cc3ccccc3[nH]c1=O)C2O. The number of fused-ring (bicyclic) bond motifs is 1. The lowest BCUT2D eigenvalue weighted by molar-refractivity contribution is -0.254. The molecule has 4 saturated heterocycles. The first-order valence-electron chi connectivity index (χ1n) is 8.68. The number of piperidine rings is 2. The molecule has 1 aromatic carbocycles. The van der Waals surface area contributed by atoms with Gasteiger partial charge in [0.1, 0.15) is 0 Å². The van der Waals surface area contributed by atoms with Crippen LogP contribution in [0.4, 0.5) is 0 Å². The number of aromatic nitrogens is 1. The number of aliphatic hydroxyl groups excluding tert-OH is 1. The number of pyridine rings is 1. The minimum absolute atomic E-state index is 0.00188. The summed E-state index contributed by atoms with van der Waals surface area (Å²) in [5, 5.41) is 11.8. The van der Waals surface area contributed by atoms with Gasteiger partial charge in [0.05, 0.1) is 12.3 Å². The second-order valence-corrected chi connectivity index (χ2v) is 8.54. The predicted octanol–water partition coefficient (Wildman–Crippen LogP) is 1.54. The second-order valence-electron chi connectivity index (χ2n) is 8.54. The number of aromatic amines is 1. The third kappa shape index (κ3) is 1.78. The highest BCUT2D eigenvalue weighted by molar-refractivity contribution is 5.78. The molecule has 5 heteroatoms. The van der Waals surface area contributed by atoms with Gasteiger partial charge < -0.3 is 10.1 Å². The monoisotopic (exact) mass is 325 g/mol. The van der Waals surface area contributed by atoms with Gasteiger partial charge in [-0.2, -0.15) is 0 Å². The zero-order chi connectivity index (χ0) is 16.7. The van der Waals surface area contributed by atoms with E-state index in [2.05, 4.69) is 28.6 Å². The third-order valence-corrected chi connectivity index (χ3v) is 6.33. The standard InChI is InChI=1S/C19H23N3O2/c1-18-8-21-10-19(2,17(18)24)11-22(9-18)16(21)13-7-12-5-3-4-6-14(12)20-15(13)23/h3-7,16-17,24H,8-11H2,1-2H3,(H,20,23). The van der Waals surface area contributed by atoms with E-state index >= 15 is 0 Å². The highest BCUT2D eigenvalue weighted by Gasteiger charge is 2.62. The lowest BCUT2D eigenvalue weighted by Gasteiger charge is -2.68. The van der Waals surface area contributed by atoms with E-state index in [1.54, 1.807) is 0 Å². The highest BCUT2D eigenvalue weighted by Crippen LogP contribution is 2.53. The van der Waals surface area contributed by atoms with Crippen LogP contribution < -0.4 is 5.56 Å². The highest BCUT2D eigenvalue weighted by atomic mass is 16.3. The van der Waals surface area contributed by atoms with Crippen LogP contribution in [0.3, 0.4) is 0 Å². The van der Waals surface area contributed by atoms with Crippen molar-refractivity contribution in [3.05, 3.63) is 46.2 Å². The molecule has 0 saturated carbocycles. The predicted molar refractivity (Wildman–Crippen MR) is 92.7 cm³/mol. The molecule has 4 bridgehead atoms. The van der Waals surface area contributed by atoms with E-state index in [1.807, 2.05) is 30.3 Å². The topological polar surface area (TPSA) is 59.6 Å². The Bertz CT molecular complexity index is 852. The molecule has 4 aliphatic rings. The fourth-order valence-electron chi connectivity index (χ4n) is 5.58. The first-order chi connectivity index (χ1) is 11.4. The van der Waals surface area contributed by atoms with Crippen molar-refractivity contribution in [2.45, 2.75) is 26.1 Å². The average Bonchev–Trinajstić information content (AvgIpc) is 2.51. The fraction of sp³-hybridized carbons (Fsp3) is 0.526. The Morgan fingerprint density at radius 3 is 2.29 bits per heavy atom. The van der Waals surface area contributed by atoms with Crippen LogP contribution in [0, 0.1) is 10.8 Å². The lowest BCUT2D eigenvalue weighted by Crippen LogP contribution is -2.77. The molecule has 0 amide bonds. The lowest BCUT2D eigenvalue weighted by atomic mass is 9.60. The van der Waals surface area contributed by atoms with E-state index < -0.39 is 0 Å². The number of hydrogen-bond donors (Lipinski definition) is 2. The van der Waals surface area contributed by atoms with Gasteiger partial charge in [-0.3, -0.25) is 14.6 Å². The minimum Gasteiger partial charge on any atom is -0.392 e. The summed E-state index contributed by atoms with van der Waals surface area (Å²) in [6.45, 7) is 7.73. The first-order valence-corrected chi connectivity index (χ1v) is 8.68. The quantitative estimate of drug-likeness (QED) is 0.835. The summed E-state index contributed by atoms with van der Waals surface area (Å²) in [4.78, 5) is 20.5. The van der Waals surface area contributed by atoms with Gasteiger partial charge in [-0.15, -0.1) is 0 Å².